The number of hydrogen-bond donors (Lipinski definition) is 2. The number of nitrogens with zero attached hydrogens (tertiary/aromatic N) is 2. The maximum Gasteiger partial charge on any atom is 0.265 e. The van der Waals surface area contributed by atoms with E-state index >= 15 is 0 Å². The maximum atomic E-state index is 12.2. The second-order valence-corrected chi connectivity index (χ2v) is 6.25. The molecule has 1 aromatic rings. The molecule has 0 radical (unpaired) electrons. The molecule has 0 aromatic heterocycles. The van der Waals surface area contributed by atoms with E-state index in [1.807, 2.05) is 31.2 Å². The van der Waals surface area contributed by atoms with Crippen molar-refractivity contribution in [2.45, 2.75) is 33.1 Å². The van der Waals surface area contributed by atoms with Gasteiger partial charge >= 0.3 is 0 Å². The van der Waals surface area contributed by atoms with Crippen molar-refractivity contribution < 1.29 is 14.3 Å². The molecule has 0 spiro atoms. The molecule has 0 atom stereocenters. The molecule has 0 unspecified atom stereocenters. The molecule has 7 heteroatoms. The van der Waals surface area contributed by atoms with Crippen LogP contribution in [0.2, 0.25) is 0 Å². The Bertz CT molecular complexity index is 607. The molecule has 0 aliphatic carbocycles. The number of unbranched alkanes of at least 4 members (excludes halogenated alkanes) is 1. The highest BCUT2D eigenvalue weighted by atomic mass is 16.5. The first-order chi connectivity index (χ1) is 13.3. The van der Waals surface area contributed by atoms with Crippen molar-refractivity contribution >= 4 is 17.6 Å². The van der Waals surface area contributed by atoms with Crippen LogP contribution in [0.5, 0.6) is 5.75 Å². The molecule has 1 heterocycles. The maximum absolute atomic E-state index is 12.2. The highest BCUT2D eigenvalue weighted by molar-refractivity contribution is 5.97. The topological polar surface area (TPSA) is 75.2 Å². The van der Waals surface area contributed by atoms with Crippen molar-refractivity contribution in [2.75, 3.05) is 50.9 Å². The Balaban J connectivity index is 1.76. The average Bonchev–Trinajstić information content (AvgIpc) is 2.69. The van der Waals surface area contributed by atoms with Crippen LogP contribution in [0.3, 0.4) is 0 Å². The standard InChI is InChI=1S/C20H32N4O3/c1-3-21-20(22-12-7-8-15-26-4-2)23-13-9-14-24-17-10-5-6-11-18(17)27-16-19(24)25/h5-6,10-11H,3-4,7-9,12-16H2,1-2H3,(H2,21,22,23). The second kappa shape index (κ2) is 12.2. The van der Waals surface area contributed by atoms with Crippen LogP contribution < -0.4 is 20.3 Å². The van der Waals surface area contributed by atoms with Gasteiger partial charge in [0.1, 0.15) is 5.75 Å². The molecule has 1 aromatic carbocycles. The van der Waals surface area contributed by atoms with Gasteiger partial charge in [-0.25, -0.2) is 0 Å². The fourth-order valence-electron chi connectivity index (χ4n) is 2.84. The minimum atomic E-state index is -0.00277. The third kappa shape index (κ3) is 7.09. The number of nitrogens with one attached hydrogen (secondary N) is 2. The number of ether oxygens (including phenoxy) is 2. The van der Waals surface area contributed by atoms with Crippen molar-refractivity contribution in [3.8, 4) is 5.75 Å². The van der Waals surface area contributed by atoms with Gasteiger partial charge in [-0.2, -0.15) is 0 Å². The predicted octanol–water partition coefficient (Wildman–Crippen LogP) is 2.17. The van der Waals surface area contributed by atoms with Gasteiger partial charge in [-0.1, -0.05) is 12.1 Å². The van der Waals surface area contributed by atoms with E-state index in [1.54, 1.807) is 4.90 Å². The number of benzene rings is 1. The lowest BCUT2D eigenvalue weighted by Gasteiger charge is -2.29. The molecule has 2 N–H and O–H groups in total. The fraction of sp³-hybridized carbons (Fsp3) is 0.600. The Hall–Kier alpha value is -2.28. The molecule has 1 aliphatic heterocycles. The van der Waals surface area contributed by atoms with Gasteiger partial charge in [0.05, 0.1) is 5.69 Å². The summed E-state index contributed by atoms with van der Waals surface area (Å²) in [7, 11) is 0. The van der Waals surface area contributed by atoms with Gasteiger partial charge in [0.15, 0.2) is 12.6 Å². The molecular weight excluding hydrogens is 344 g/mol. The summed E-state index contributed by atoms with van der Waals surface area (Å²) in [6.07, 6.45) is 2.88. The van der Waals surface area contributed by atoms with Gasteiger partial charge < -0.3 is 25.0 Å². The van der Waals surface area contributed by atoms with Gasteiger partial charge in [0.25, 0.3) is 5.91 Å². The molecule has 1 amide bonds. The Kier molecular flexibility index (Phi) is 9.48. The van der Waals surface area contributed by atoms with Crippen molar-refractivity contribution in [3.63, 3.8) is 0 Å². The monoisotopic (exact) mass is 376 g/mol. The van der Waals surface area contributed by atoms with E-state index in [-0.39, 0.29) is 12.5 Å². The van der Waals surface area contributed by atoms with Crippen LogP contribution in [0.1, 0.15) is 33.1 Å². The average molecular weight is 377 g/mol. The van der Waals surface area contributed by atoms with E-state index in [1.165, 1.54) is 0 Å². The van der Waals surface area contributed by atoms with Crippen LogP contribution in [0.15, 0.2) is 29.3 Å². The summed E-state index contributed by atoms with van der Waals surface area (Å²) in [5, 5.41) is 6.60. The Morgan fingerprint density at radius 2 is 2.07 bits per heavy atom. The van der Waals surface area contributed by atoms with Crippen LogP contribution in [0.25, 0.3) is 0 Å². The molecule has 27 heavy (non-hydrogen) atoms. The van der Waals surface area contributed by atoms with E-state index in [0.29, 0.717) is 13.1 Å². The molecule has 0 fully saturated rings. The van der Waals surface area contributed by atoms with E-state index < -0.39 is 0 Å². The molecule has 0 saturated heterocycles. The van der Waals surface area contributed by atoms with E-state index in [4.69, 9.17) is 9.47 Å². The number of hydrogen-bond acceptors (Lipinski definition) is 4. The second-order valence-electron chi connectivity index (χ2n) is 6.25. The Morgan fingerprint density at radius 1 is 1.22 bits per heavy atom. The molecule has 1 aliphatic rings. The third-order valence-electron chi connectivity index (χ3n) is 4.17. The zero-order chi connectivity index (χ0) is 19.3. The normalized spacial score (nSPS) is 13.9. The fourth-order valence-corrected chi connectivity index (χ4v) is 2.84. The van der Waals surface area contributed by atoms with Gasteiger partial charge in [-0.3, -0.25) is 9.79 Å². The van der Waals surface area contributed by atoms with Gasteiger partial charge in [0.2, 0.25) is 0 Å². The van der Waals surface area contributed by atoms with Crippen molar-refractivity contribution in [1.29, 1.82) is 0 Å². The summed E-state index contributed by atoms with van der Waals surface area (Å²) in [5.41, 5.74) is 0.844. The molecule has 150 valence electrons. The first-order valence-electron chi connectivity index (χ1n) is 9.88. The third-order valence-corrected chi connectivity index (χ3v) is 4.17. The van der Waals surface area contributed by atoms with Crippen LogP contribution >= 0.6 is 0 Å². The molecule has 7 nitrogen and oxygen atoms in total. The van der Waals surface area contributed by atoms with Crippen molar-refractivity contribution in [1.82, 2.24) is 10.6 Å². The van der Waals surface area contributed by atoms with Crippen LogP contribution in [0, 0.1) is 0 Å². The van der Waals surface area contributed by atoms with Crippen LogP contribution in [0.4, 0.5) is 5.69 Å². The number of amides is 1. The minimum absolute atomic E-state index is 0.00277. The zero-order valence-electron chi connectivity index (χ0n) is 16.5. The number of anilines is 1. The van der Waals surface area contributed by atoms with E-state index in [9.17, 15) is 4.79 Å². The minimum Gasteiger partial charge on any atom is -0.482 e. The number of para-hydroxylation sites is 2. The quantitative estimate of drug-likeness (QED) is 0.352. The Labute approximate surface area is 162 Å². The van der Waals surface area contributed by atoms with Crippen molar-refractivity contribution in [2.24, 2.45) is 4.99 Å². The summed E-state index contributed by atoms with van der Waals surface area (Å²) in [5.74, 6) is 1.59. The first kappa shape index (κ1) is 21.0. The SMILES string of the molecule is CCNC(=NCCCN1C(=O)COc2ccccc21)NCCCCOCC. The number of carbonyl (C=O) groups is 1. The summed E-state index contributed by atoms with van der Waals surface area (Å²) in [6.45, 7) is 8.72. The van der Waals surface area contributed by atoms with Crippen LogP contribution in [-0.4, -0.2) is 57.9 Å². The summed E-state index contributed by atoms with van der Waals surface area (Å²) in [4.78, 5) is 18.6. The summed E-state index contributed by atoms with van der Waals surface area (Å²) >= 11 is 0. The highest BCUT2D eigenvalue weighted by Crippen LogP contribution is 2.31. The predicted molar refractivity (Wildman–Crippen MR) is 109 cm³/mol. The molecule has 0 saturated carbocycles. The van der Waals surface area contributed by atoms with Crippen molar-refractivity contribution in [3.05, 3.63) is 24.3 Å². The van der Waals surface area contributed by atoms with E-state index in [2.05, 4.69) is 22.5 Å². The van der Waals surface area contributed by atoms with Gasteiger partial charge in [-0.15, -0.1) is 0 Å². The highest BCUT2D eigenvalue weighted by Gasteiger charge is 2.24. The Morgan fingerprint density at radius 3 is 2.89 bits per heavy atom. The smallest absolute Gasteiger partial charge is 0.265 e. The molecule has 0 bridgehead atoms. The number of rotatable bonds is 11. The van der Waals surface area contributed by atoms with Gasteiger partial charge in [-0.05, 0) is 45.2 Å². The lowest BCUT2D eigenvalue weighted by molar-refractivity contribution is -0.121. The van der Waals surface area contributed by atoms with Gasteiger partial charge in [0, 0.05) is 39.4 Å². The lowest BCUT2D eigenvalue weighted by Crippen LogP contribution is -2.40. The number of fused-ring (bicyclic) bond motifs is 1. The van der Waals surface area contributed by atoms with Crippen LogP contribution in [-0.2, 0) is 9.53 Å². The van der Waals surface area contributed by atoms with E-state index in [0.717, 1.165) is 63.0 Å². The summed E-state index contributed by atoms with van der Waals surface area (Å²) < 4.78 is 10.8. The lowest BCUT2D eigenvalue weighted by atomic mass is 10.2. The number of carbonyl (C=O) groups excluding carboxylic acids is 1. The largest absolute Gasteiger partial charge is 0.482 e. The summed E-state index contributed by atoms with van der Waals surface area (Å²) in [6, 6.07) is 7.65. The molecular formula is C20H32N4O3. The number of aliphatic imine (C=N–C) groups is 1. The molecule has 2 rings (SSSR count). The zero-order valence-corrected chi connectivity index (χ0v) is 16.5. The first-order valence-corrected chi connectivity index (χ1v) is 9.88. The number of guanidine groups is 1.